The minimum absolute atomic E-state index is 0.0304. The van der Waals surface area contributed by atoms with Crippen LogP contribution in [0.25, 0.3) is 0 Å². The van der Waals surface area contributed by atoms with Crippen LogP contribution in [0.3, 0.4) is 0 Å². The molecule has 0 bridgehead atoms. The molecule has 3 heteroatoms. The van der Waals surface area contributed by atoms with Crippen LogP contribution in [-0.4, -0.2) is 11.8 Å². The number of allylic oxidation sites excluding steroid dienone is 2. The molecule has 1 atom stereocenters. The topological polar surface area (TPSA) is 43.4 Å². The van der Waals surface area contributed by atoms with E-state index in [1.807, 2.05) is 0 Å². The van der Waals surface area contributed by atoms with Crippen molar-refractivity contribution < 1.29 is 14.3 Å². The van der Waals surface area contributed by atoms with Crippen molar-refractivity contribution in [3.8, 4) is 0 Å². The van der Waals surface area contributed by atoms with E-state index in [0.717, 1.165) is 31.3 Å². The van der Waals surface area contributed by atoms with Gasteiger partial charge in [-0.2, -0.15) is 0 Å². The van der Waals surface area contributed by atoms with Gasteiger partial charge in [-0.05, 0) is 30.8 Å². The number of ketones is 1. The number of carbonyl (C=O) groups is 2. The molecule has 18 heavy (non-hydrogen) atoms. The third-order valence-corrected chi connectivity index (χ3v) is 3.92. The maximum atomic E-state index is 11.8. The van der Waals surface area contributed by atoms with Crippen molar-refractivity contribution >= 4 is 11.8 Å². The molecular weight excluding hydrogens is 228 g/mol. The average molecular weight is 250 g/mol. The molecule has 0 spiro atoms. The lowest BCUT2D eigenvalue weighted by Crippen LogP contribution is -2.28. The Labute approximate surface area is 109 Å². The number of hydrogen-bond acceptors (Lipinski definition) is 3. The Kier molecular flexibility index (Phi) is 4.56. The quantitative estimate of drug-likeness (QED) is 0.554. The van der Waals surface area contributed by atoms with Crippen LogP contribution in [0.4, 0.5) is 0 Å². The molecule has 100 valence electrons. The fourth-order valence-corrected chi connectivity index (χ4v) is 2.93. The Bertz CT molecular complexity index is 368. The lowest BCUT2D eigenvalue weighted by Gasteiger charge is -2.29. The summed E-state index contributed by atoms with van der Waals surface area (Å²) in [5, 5.41) is 0. The lowest BCUT2D eigenvalue weighted by molar-refractivity contribution is -0.145. The van der Waals surface area contributed by atoms with Crippen molar-refractivity contribution in [1.29, 1.82) is 0 Å². The summed E-state index contributed by atoms with van der Waals surface area (Å²) in [6, 6.07) is 0. The minimum Gasteiger partial charge on any atom is -0.423 e. The molecule has 2 aliphatic rings. The molecule has 0 aromatic heterocycles. The summed E-state index contributed by atoms with van der Waals surface area (Å²) in [6.45, 7) is 2.19. The van der Waals surface area contributed by atoms with Gasteiger partial charge < -0.3 is 4.74 Å². The Morgan fingerprint density at radius 1 is 1.17 bits per heavy atom. The van der Waals surface area contributed by atoms with Gasteiger partial charge in [0.15, 0.2) is 11.5 Å². The fourth-order valence-electron chi connectivity index (χ4n) is 2.93. The molecule has 0 saturated heterocycles. The van der Waals surface area contributed by atoms with E-state index < -0.39 is 0 Å². The van der Waals surface area contributed by atoms with Crippen molar-refractivity contribution in [3.63, 3.8) is 0 Å². The summed E-state index contributed by atoms with van der Waals surface area (Å²) in [4.78, 5) is 23.3. The van der Waals surface area contributed by atoms with Crippen LogP contribution in [0.15, 0.2) is 11.3 Å². The third kappa shape index (κ3) is 3.01. The van der Waals surface area contributed by atoms with Gasteiger partial charge in [0.25, 0.3) is 0 Å². The summed E-state index contributed by atoms with van der Waals surface area (Å²) in [6.07, 6.45) is 8.73. The first kappa shape index (κ1) is 13.3. The summed E-state index contributed by atoms with van der Waals surface area (Å²) in [5.74, 6) is 0.479. The normalized spacial score (nSPS) is 23.9. The first-order valence-electron chi connectivity index (χ1n) is 7.19. The van der Waals surface area contributed by atoms with Gasteiger partial charge in [0, 0.05) is 6.42 Å². The molecule has 0 fully saturated rings. The van der Waals surface area contributed by atoms with Crippen LogP contribution < -0.4 is 0 Å². The van der Waals surface area contributed by atoms with Crippen molar-refractivity contribution in [3.05, 3.63) is 11.3 Å². The van der Waals surface area contributed by atoms with Crippen molar-refractivity contribution in [2.75, 3.05) is 0 Å². The van der Waals surface area contributed by atoms with Gasteiger partial charge in [-0.25, -0.2) is 0 Å². The summed E-state index contributed by atoms with van der Waals surface area (Å²) in [7, 11) is 0. The highest BCUT2D eigenvalue weighted by Gasteiger charge is 2.34. The Morgan fingerprint density at radius 2 is 2.00 bits per heavy atom. The van der Waals surface area contributed by atoms with E-state index in [-0.39, 0.29) is 17.7 Å². The monoisotopic (exact) mass is 250 g/mol. The Morgan fingerprint density at radius 3 is 2.78 bits per heavy atom. The second-order valence-electron chi connectivity index (χ2n) is 5.36. The molecule has 0 aromatic carbocycles. The number of Topliss-reactive ketones (excluding diaryl/α,β-unsaturated/α-hetero) is 1. The minimum atomic E-state index is -0.218. The molecule has 0 N–H and O–H groups in total. The second kappa shape index (κ2) is 6.17. The van der Waals surface area contributed by atoms with Crippen LogP contribution >= 0.6 is 0 Å². The molecule has 1 heterocycles. The molecule has 1 aliphatic carbocycles. The highest BCUT2D eigenvalue weighted by atomic mass is 16.5. The lowest BCUT2D eigenvalue weighted by atomic mass is 9.81. The molecule has 0 aromatic rings. The summed E-state index contributed by atoms with van der Waals surface area (Å²) >= 11 is 0. The number of carbonyl (C=O) groups excluding carboxylic acids is 2. The van der Waals surface area contributed by atoms with Gasteiger partial charge in [0.1, 0.15) is 0 Å². The van der Waals surface area contributed by atoms with E-state index in [0.29, 0.717) is 18.6 Å². The van der Waals surface area contributed by atoms with Crippen molar-refractivity contribution in [2.45, 2.75) is 64.7 Å². The third-order valence-electron chi connectivity index (χ3n) is 3.92. The zero-order valence-electron chi connectivity index (χ0n) is 11.2. The highest BCUT2D eigenvalue weighted by Crippen LogP contribution is 2.37. The van der Waals surface area contributed by atoms with Gasteiger partial charge in [-0.3, -0.25) is 9.59 Å². The van der Waals surface area contributed by atoms with E-state index in [4.69, 9.17) is 4.74 Å². The Hall–Kier alpha value is -1.12. The van der Waals surface area contributed by atoms with Crippen LogP contribution in [0.5, 0.6) is 0 Å². The van der Waals surface area contributed by atoms with Crippen molar-refractivity contribution in [1.82, 2.24) is 0 Å². The molecule has 2 rings (SSSR count). The smallest absolute Gasteiger partial charge is 0.311 e. The van der Waals surface area contributed by atoms with Crippen LogP contribution in [0.1, 0.15) is 64.7 Å². The SMILES string of the molecule is CCCCCC[C@H]1CC(=O)OC2=C1CCCC2=O. The van der Waals surface area contributed by atoms with Crippen LogP contribution in [0, 0.1) is 5.92 Å². The summed E-state index contributed by atoms with van der Waals surface area (Å²) < 4.78 is 5.15. The van der Waals surface area contributed by atoms with E-state index in [9.17, 15) is 9.59 Å². The second-order valence-corrected chi connectivity index (χ2v) is 5.36. The molecule has 3 nitrogen and oxygen atoms in total. The average Bonchev–Trinajstić information content (AvgIpc) is 2.36. The molecule has 1 aliphatic heterocycles. The molecule has 0 saturated carbocycles. The van der Waals surface area contributed by atoms with Gasteiger partial charge >= 0.3 is 5.97 Å². The Balaban J connectivity index is 2.01. The first-order valence-corrected chi connectivity index (χ1v) is 7.19. The van der Waals surface area contributed by atoms with Crippen LogP contribution in [0.2, 0.25) is 0 Å². The maximum absolute atomic E-state index is 11.8. The van der Waals surface area contributed by atoms with E-state index in [1.165, 1.54) is 19.3 Å². The number of ether oxygens (including phenoxy) is 1. The largest absolute Gasteiger partial charge is 0.423 e. The number of rotatable bonds is 5. The number of unbranched alkanes of at least 4 members (excludes halogenated alkanes) is 3. The fraction of sp³-hybridized carbons (Fsp3) is 0.733. The molecule has 0 amide bonds. The zero-order chi connectivity index (χ0) is 13.0. The number of hydrogen-bond donors (Lipinski definition) is 0. The standard InChI is InChI=1S/C15H22O3/c1-2-3-4-5-7-11-10-14(17)18-15-12(11)8-6-9-13(15)16/h11H,2-10H2,1H3/t11-/m0/s1. The predicted octanol–water partition coefficient (Wildman–Crippen LogP) is 3.53. The van der Waals surface area contributed by atoms with Gasteiger partial charge in [-0.1, -0.05) is 32.6 Å². The highest BCUT2D eigenvalue weighted by molar-refractivity contribution is 5.98. The van der Waals surface area contributed by atoms with Gasteiger partial charge in [-0.15, -0.1) is 0 Å². The maximum Gasteiger partial charge on any atom is 0.311 e. The van der Waals surface area contributed by atoms with Crippen molar-refractivity contribution in [2.24, 2.45) is 5.92 Å². The van der Waals surface area contributed by atoms with Gasteiger partial charge in [0.2, 0.25) is 0 Å². The zero-order valence-corrected chi connectivity index (χ0v) is 11.2. The van der Waals surface area contributed by atoms with E-state index in [2.05, 4.69) is 6.92 Å². The van der Waals surface area contributed by atoms with Crippen LogP contribution in [-0.2, 0) is 14.3 Å². The van der Waals surface area contributed by atoms with Gasteiger partial charge in [0.05, 0.1) is 6.42 Å². The predicted molar refractivity (Wildman–Crippen MR) is 68.8 cm³/mol. The number of esters is 1. The molecule has 0 unspecified atom stereocenters. The summed E-state index contributed by atoms with van der Waals surface area (Å²) in [5.41, 5.74) is 1.13. The van der Waals surface area contributed by atoms with E-state index in [1.54, 1.807) is 0 Å². The molecular formula is C15H22O3. The first-order chi connectivity index (χ1) is 8.72. The van der Waals surface area contributed by atoms with E-state index >= 15 is 0 Å². The molecule has 0 radical (unpaired) electrons.